The molecule has 9 heteroatoms. The van der Waals surface area contributed by atoms with Gasteiger partial charge in [-0.15, -0.1) is 0 Å². The van der Waals surface area contributed by atoms with Crippen LogP contribution in [-0.2, 0) is 10.0 Å². The lowest BCUT2D eigenvalue weighted by molar-refractivity contribution is 0.102. The van der Waals surface area contributed by atoms with Gasteiger partial charge in [0.15, 0.2) is 5.13 Å². The third kappa shape index (κ3) is 4.89. The highest BCUT2D eigenvalue weighted by molar-refractivity contribution is 7.89. The number of rotatable bonds is 6. The van der Waals surface area contributed by atoms with Gasteiger partial charge < -0.3 is 4.74 Å². The van der Waals surface area contributed by atoms with Crippen LogP contribution in [0, 0.1) is 0 Å². The van der Waals surface area contributed by atoms with Crippen molar-refractivity contribution in [1.82, 2.24) is 9.29 Å². The standard InChI is InChI=1S/C22H25N3O4S2/c1-15(2)29-17-8-6-16(7-9-17)21(26)24-22-23-19-11-10-18(14-20(19)30-22)31(27,28)25-12-4-3-5-13-25/h6-11,14-15H,3-5,12-13H2,1-2H3,(H,23,24,26). The number of fused-ring (bicyclic) bond motifs is 1. The summed E-state index contributed by atoms with van der Waals surface area (Å²) in [4.78, 5) is 17.3. The lowest BCUT2D eigenvalue weighted by Crippen LogP contribution is -2.35. The van der Waals surface area contributed by atoms with Crippen molar-refractivity contribution in [3.63, 3.8) is 0 Å². The number of carbonyl (C=O) groups is 1. The monoisotopic (exact) mass is 459 g/mol. The largest absolute Gasteiger partial charge is 0.491 e. The Kier molecular flexibility index (Phi) is 6.27. The van der Waals surface area contributed by atoms with Crippen LogP contribution in [0.15, 0.2) is 47.4 Å². The molecule has 1 aromatic heterocycles. The number of amides is 1. The van der Waals surface area contributed by atoms with Crippen LogP contribution < -0.4 is 10.1 Å². The van der Waals surface area contributed by atoms with E-state index in [1.807, 2.05) is 13.8 Å². The van der Waals surface area contributed by atoms with Gasteiger partial charge in [-0.25, -0.2) is 13.4 Å². The van der Waals surface area contributed by atoms with Crippen molar-refractivity contribution < 1.29 is 17.9 Å². The van der Waals surface area contributed by atoms with Crippen LogP contribution in [0.3, 0.4) is 0 Å². The Morgan fingerprint density at radius 1 is 1.10 bits per heavy atom. The van der Waals surface area contributed by atoms with Crippen LogP contribution in [0.5, 0.6) is 5.75 Å². The van der Waals surface area contributed by atoms with E-state index < -0.39 is 10.0 Å². The number of thiazole rings is 1. The molecule has 0 aliphatic carbocycles. The van der Waals surface area contributed by atoms with Crippen LogP contribution in [0.25, 0.3) is 10.2 Å². The maximum atomic E-state index is 12.9. The highest BCUT2D eigenvalue weighted by Gasteiger charge is 2.26. The molecule has 31 heavy (non-hydrogen) atoms. The summed E-state index contributed by atoms with van der Waals surface area (Å²) in [5, 5.41) is 3.22. The molecule has 3 aromatic rings. The van der Waals surface area contributed by atoms with Gasteiger partial charge in [0, 0.05) is 18.7 Å². The lowest BCUT2D eigenvalue weighted by atomic mass is 10.2. The Balaban J connectivity index is 1.51. The van der Waals surface area contributed by atoms with E-state index in [-0.39, 0.29) is 16.9 Å². The maximum absolute atomic E-state index is 12.9. The third-order valence-electron chi connectivity index (χ3n) is 5.02. The molecule has 0 atom stereocenters. The summed E-state index contributed by atoms with van der Waals surface area (Å²) in [7, 11) is -3.51. The molecule has 0 saturated carbocycles. The molecule has 0 radical (unpaired) electrons. The van der Waals surface area contributed by atoms with Gasteiger partial charge >= 0.3 is 0 Å². The van der Waals surface area contributed by atoms with Gasteiger partial charge in [-0.3, -0.25) is 10.1 Å². The molecular formula is C22H25N3O4S2. The van der Waals surface area contributed by atoms with E-state index in [0.29, 0.717) is 39.8 Å². The molecule has 1 aliphatic heterocycles. The Hall–Kier alpha value is -2.49. The van der Waals surface area contributed by atoms with Crippen molar-refractivity contribution in [1.29, 1.82) is 0 Å². The first-order chi connectivity index (χ1) is 14.8. The quantitative estimate of drug-likeness (QED) is 0.586. The summed E-state index contributed by atoms with van der Waals surface area (Å²) >= 11 is 1.26. The number of sulfonamides is 1. The van der Waals surface area contributed by atoms with E-state index in [0.717, 1.165) is 19.3 Å². The predicted molar refractivity (Wildman–Crippen MR) is 122 cm³/mol. The number of anilines is 1. The Morgan fingerprint density at radius 3 is 2.48 bits per heavy atom. The molecule has 1 N–H and O–H groups in total. The number of aromatic nitrogens is 1. The van der Waals surface area contributed by atoms with Crippen molar-refractivity contribution in [2.45, 2.75) is 44.1 Å². The number of hydrogen-bond acceptors (Lipinski definition) is 6. The number of nitrogens with one attached hydrogen (secondary N) is 1. The molecule has 164 valence electrons. The second-order valence-corrected chi connectivity index (χ2v) is 10.7. The summed E-state index contributed by atoms with van der Waals surface area (Å²) in [5.74, 6) is 0.422. The van der Waals surface area contributed by atoms with Crippen molar-refractivity contribution in [3.8, 4) is 5.75 Å². The molecule has 1 saturated heterocycles. The molecule has 1 aliphatic rings. The summed E-state index contributed by atoms with van der Waals surface area (Å²) in [6.07, 6.45) is 2.91. The second-order valence-electron chi connectivity index (χ2n) is 7.76. The Labute approximate surface area is 186 Å². The normalized spacial score (nSPS) is 15.3. The molecular weight excluding hydrogens is 434 g/mol. The zero-order valence-electron chi connectivity index (χ0n) is 17.5. The summed E-state index contributed by atoms with van der Waals surface area (Å²) in [6.45, 7) is 5.00. The van der Waals surface area contributed by atoms with E-state index in [9.17, 15) is 13.2 Å². The van der Waals surface area contributed by atoms with Gasteiger partial charge in [-0.2, -0.15) is 4.31 Å². The zero-order valence-corrected chi connectivity index (χ0v) is 19.1. The SMILES string of the molecule is CC(C)Oc1ccc(C(=O)Nc2nc3ccc(S(=O)(=O)N4CCCCC4)cc3s2)cc1. The molecule has 4 rings (SSSR count). The molecule has 0 spiro atoms. The maximum Gasteiger partial charge on any atom is 0.257 e. The molecule has 0 unspecified atom stereocenters. The van der Waals surface area contributed by atoms with Crippen LogP contribution in [0.4, 0.5) is 5.13 Å². The van der Waals surface area contributed by atoms with Gasteiger partial charge in [0.1, 0.15) is 5.75 Å². The van der Waals surface area contributed by atoms with E-state index in [1.54, 1.807) is 46.8 Å². The highest BCUT2D eigenvalue weighted by Crippen LogP contribution is 2.30. The lowest BCUT2D eigenvalue weighted by Gasteiger charge is -2.25. The first-order valence-corrected chi connectivity index (χ1v) is 12.6. The summed E-state index contributed by atoms with van der Waals surface area (Å²) in [5.41, 5.74) is 1.14. The Bertz CT molecular complexity index is 1180. The number of benzene rings is 2. The predicted octanol–water partition coefficient (Wildman–Crippen LogP) is 4.51. The molecule has 1 fully saturated rings. The molecule has 2 aromatic carbocycles. The summed E-state index contributed by atoms with van der Waals surface area (Å²) < 4.78 is 33.7. The number of ether oxygens (including phenoxy) is 1. The fourth-order valence-corrected chi connectivity index (χ4v) is 6.02. The van der Waals surface area contributed by atoms with Crippen LogP contribution >= 0.6 is 11.3 Å². The Morgan fingerprint density at radius 2 is 1.81 bits per heavy atom. The van der Waals surface area contributed by atoms with E-state index in [4.69, 9.17) is 4.74 Å². The van der Waals surface area contributed by atoms with Crippen molar-refractivity contribution in [2.24, 2.45) is 0 Å². The second kappa shape index (κ2) is 8.94. The van der Waals surface area contributed by atoms with Crippen molar-refractivity contribution in [2.75, 3.05) is 18.4 Å². The first kappa shape index (κ1) is 21.7. The average molecular weight is 460 g/mol. The fraction of sp³-hybridized carbons (Fsp3) is 0.364. The molecule has 0 bridgehead atoms. The summed E-state index contributed by atoms with van der Waals surface area (Å²) in [6, 6.07) is 11.8. The van der Waals surface area contributed by atoms with E-state index in [1.165, 1.54) is 11.3 Å². The van der Waals surface area contributed by atoms with E-state index >= 15 is 0 Å². The van der Waals surface area contributed by atoms with Gasteiger partial charge in [-0.1, -0.05) is 17.8 Å². The van der Waals surface area contributed by atoms with Crippen LogP contribution in [0.2, 0.25) is 0 Å². The smallest absolute Gasteiger partial charge is 0.257 e. The highest BCUT2D eigenvalue weighted by atomic mass is 32.2. The minimum absolute atomic E-state index is 0.0612. The molecule has 2 heterocycles. The number of piperidine rings is 1. The minimum atomic E-state index is -3.51. The van der Waals surface area contributed by atoms with Crippen molar-refractivity contribution in [3.05, 3.63) is 48.0 Å². The topological polar surface area (TPSA) is 88.6 Å². The number of carbonyl (C=O) groups excluding carboxylic acids is 1. The van der Waals surface area contributed by atoms with Gasteiger partial charge in [-0.05, 0) is 69.2 Å². The van der Waals surface area contributed by atoms with E-state index in [2.05, 4.69) is 10.3 Å². The number of nitrogens with zero attached hydrogens (tertiary/aromatic N) is 2. The average Bonchev–Trinajstić information content (AvgIpc) is 3.16. The van der Waals surface area contributed by atoms with Crippen molar-refractivity contribution >= 4 is 42.6 Å². The first-order valence-electron chi connectivity index (χ1n) is 10.3. The number of hydrogen-bond donors (Lipinski definition) is 1. The van der Waals surface area contributed by atoms with Crippen LogP contribution in [0.1, 0.15) is 43.5 Å². The zero-order chi connectivity index (χ0) is 22.0. The minimum Gasteiger partial charge on any atom is -0.491 e. The molecule has 1 amide bonds. The molecule has 7 nitrogen and oxygen atoms in total. The van der Waals surface area contributed by atoms with Gasteiger partial charge in [0.25, 0.3) is 5.91 Å². The van der Waals surface area contributed by atoms with Gasteiger partial charge in [0.05, 0.1) is 21.2 Å². The fourth-order valence-electron chi connectivity index (χ4n) is 3.50. The van der Waals surface area contributed by atoms with Gasteiger partial charge in [0.2, 0.25) is 10.0 Å². The van der Waals surface area contributed by atoms with Crippen LogP contribution in [-0.4, -0.2) is 42.8 Å². The third-order valence-corrected chi connectivity index (χ3v) is 7.85.